The van der Waals surface area contributed by atoms with Crippen LogP contribution in [0.15, 0.2) is 12.7 Å². The van der Waals surface area contributed by atoms with Gasteiger partial charge in [-0.25, -0.2) is 0 Å². The van der Waals surface area contributed by atoms with Crippen LogP contribution in [-0.2, 0) is 36.2 Å². The second-order valence-electron chi connectivity index (χ2n) is 7.03. The summed E-state index contributed by atoms with van der Waals surface area (Å²) < 4.78 is 46.7. The van der Waals surface area contributed by atoms with Crippen LogP contribution in [0.1, 0.15) is 42.6 Å². The Morgan fingerprint density at radius 2 is 2.23 bits per heavy atom. The van der Waals surface area contributed by atoms with E-state index in [0.717, 1.165) is 17.0 Å². The summed E-state index contributed by atoms with van der Waals surface area (Å²) in [5.41, 5.74) is 2.71. The van der Waals surface area contributed by atoms with Gasteiger partial charge in [0.2, 0.25) is 5.91 Å². The molecular formula is C18H24F3N3O2. The molecule has 1 amide bonds. The van der Waals surface area contributed by atoms with E-state index >= 15 is 0 Å². The topological polar surface area (TPSA) is 47.4 Å². The average molecular weight is 371 g/mol. The van der Waals surface area contributed by atoms with Crippen molar-refractivity contribution < 1.29 is 22.7 Å². The highest BCUT2D eigenvalue weighted by atomic mass is 19.4. The lowest BCUT2D eigenvalue weighted by molar-refractivity contribution is -0.187. The van der Waals surface area contributed by atoms with E-state index in [1.54, 1.807) is 11.7 Å². The van der Waals surface area contributed by atoms with Crippen LogP contribution < -0.4 is 0 Å². The lowest BCUT2D eigenvalue weighted by atomic mass is 9.84. The lowest BCUT2D eigenvalue weighted by Crippen LogP contribution is -2.44. The van der Waals surface area contributed by atoms with Gasteiger partial charge in [-0.3, -0.25) is 9.48 Å². The fraction of sp³-hybridized carbons (Fsp3) is 0.667. The van der Waals surface area contributed by atoms with Crippen molar-refractivity contribution in [3.05, 3.63) is 29.6 Å². The molecular weight excluding hydrogens is 347 g/mol. The first-order valence-electron chi connectivity index (χ1n) is 8.92. The summed E-state index contributed by atoms with van der Waals surface area (Å²) in [6, 6.07) is -0.448. The first kappa shape index (κ1) is 18.9. The highest BCUT2D eigenvalue weighted by Gasteiger charge is 2.44. The number of halogens is 3. The van der Waals surface area contributed by atoms with Gasteiger partial charge in [-0.05, 0) is 25.3 Å². The van der Waals surface area contributed by atoms with Gasteiger partial charge in [0.15, 0.2) is 0 Å². The van der Waals surface area contributed by atoms with Crippen molar-refractivity contribution >= 4 is 5.91 Å². The summed E-state index contributed by atoms with van der Waals surface area (Å²) in [5, 5.41) is 4.48. The molecule has 8 heteroatoms. The van der Waals surface area contributed by atoms with E-state index in [2.05, 4.69) is 11.7 Å². The third-order valence-electron chi connectivity index (χ3n) is 5.42. The highest BCUT2D eigenvalue weighted by Crippen LogP contribution is 2.39. The van der Waals surface area contributed by atoms with E-state index < -0.39 is 18.1 Å². The van der Waals surface area contributed by atoms with Crippen molar-refractivity contribution in [2.75, 3.05) is 6.61 Å². The number of aromatic nitrogens is 2. The number of hydrogen-bond donors (Lipinski definition) is 0. The van der Waals surface area contributed by atoms with Gasteiger partial charge in [0.25, 0.3) is 0 Å². The van der Waals surface area contributed by atoms with Crippen LogP contribution in [0.2, 0.25) is 0 Å². The Balaban J connectivity index is 1.84. The molecule has 5 nitrogen and oxygen atoms in total. The van der Waals surface area contributed by atoms with Crippen molar-refractivity contribution in [1.29, 1.82) is 0 Å². The van der Waals surface area contributed by atoms with Crippen LogP contribution >= 0.6 is 0 Å². The van der Waals surface area contributed by atoms with Crippen LogP contribution in [0, 0.1) is 5.92 Å². The van der Waals surface area contributed by atoms with Gasteiger partial charge in [0, 0.05) is 25.1 Å². The molecule has 2 aliphatic rings. The maximum Gasteiger partial charge on any atom is 0.391 e. The zero-order valence-electron chi connectivity index (χ0n) is 14.9. The average Bonchev–Trinajstić information content (AvgIpc) is 2.93. The van der Waals surface area contributed by atoms with E-state index in [1.165, 1.54) is 11.0 Å². The molecule has 0 saturated heterocycles. The molecule has 1 aromatic rings. The minimum absolute atomic E-state index is 0.0559. The predicted octanol–water partition coefficient (Wildman–Crippen LogP) is 3.13. The number of amides is 1. The molecule has 26 heavy (non-hydrogen) atoms. The predicted molar refractivity (Wildman–Crippen MR) is 89.1 cm³/mol. The van der Waals surface area contributed by atoms with E-state index in [4.69, 9.17) is 4.74 Å². The van der Waals surface area contributed by atoms with Gasteiger partial charge in [0.05, 0.1) is 37.1 Å². The second kappa shape index (κ2) is 7.42. The molecule has 1 aromatic heterocycles. The third kappa shape index (κ3) is 3.79. The minimum Gasteiger partial charge on any atom is -0.376 e. The Kier molecular flexibility index (Phi) is 5.41. The largest absolute Gasteiger partial charge is 0.391 e. The smallest absolute Gasteiger partial charge is 0.376 e. The maximum atomic E-state index is 13.2. The zero-order chi connectivity index (χ0) is 18.9. The molecule has 3 rings (SSSR count). The SMILES string of the molecule is C=CC(=O)N(Cc1c2c(nn1C)CCOC2)C1CCCC(C(F)(F)F)C1. The van der Waals surface area contributed by atoms with Crippen LogP contribution in [0.5, 0.6) is 0 Å². The van der Waals surface area contributed by atoms with Gasteiger partial charge in [-0.1, -0.05) is 13.0 Å². The minimum atomic E-state index is -4.22. The fourth-order valence-corrected chi connectivity index (χ4v) is 3.98. The number of carbonyl (C=O) groups excluding carboxylic acids is 1. The number of alkyl halides is 3. The Hall–Kier alpha value is -1.83. The third-order valence-corrected chi connectivity index (χ3v) is 5.42. The summed E-state index contributed by atoms with van der Waals surface area (Å²) in [7, 11) is 1.80. The molecule has 0 spiro atoms. The number of aryl methyl sites for hydroxylation is 1. The molecule has 2 heterocycles. The number of carbonyl (C=O) groups is 1. The van der Waals surface area contributed by atoms with Crippen molar-refractivity contribution in [3.63, 3.8) is 0 Å². The number of rotatable bonds is 4. The summed E-state index contributed by atoms with van der Waals surface area (Å²) >= 11 is 0. The molecule has 0 radical (unpaired) electrons. The molecule has 2 unspecified atom stereocenters. The molecule has 0 bridgehead atoms. The first-order valence-corrected chi connectivity index (χ1v) is 8.92. The van der Waals surface area contributed by atoms with E-state index in [-0.39, 0.29) is 25.3 Å². The summed E-state index contributed by atoms with van der Waals surface area (Å²) in [6.07, 6.45) is -1.23. The van der Waals surface area contributed by atoms with Gasteiger partial charge >= 0.3 is 6.18 Å². The quantitative estimate of drug-likeness (QED) is 0.764. The van der Waals surface area contributed by atoms with Crippen molar-refractivity contribution in [2.45, 2.75) is 57.5 Å². The standard InChI is InChI=1S/C18H24F3N3O2/c1-3-17(25)24(13-6-4-5-12(9-13)18(19,20)21)10-16-14-11-26-8-7-15(14)22-23(16)2/h3,12-13H,1,4-11H2,2H3. The Morgan fingerprint density at radius 1 is 1.46 bits per heavy atom. The number of ether oxygens (including phenoxy) is 1. The van der Waals surface area contributed by atoms with Gasteiger partial charge in [-0.2, -0.15) is 18.3 Å². The Bertz CT molecular complexity index is 684. The van der Waals surface area contributed by atoms with E-state index in [0.29, 0.717) is 32.5 Å². The lowest BCUT2D eigenvalue weighted by Gasteiger charge is -2.38. The van der Waals surface area contributed by atoms with Crippen LogP contribution in [-0.4, -0.2) is 39.4 Å². The highest BCUT2D eigenvalue weighted by molar-refractivity contribution is 5.87. The summed E-state index contributed by atoms with van der Waals surface area (Å²) in [4.78, 5) is 14.0. The first-order chi connectivity index (χ1) is 12.3. The Morgan fingerprint density at radius 3 is 2.92 bits per heavy atom. The molecule has 1 aliphatic carbocycles. The Labute approximate surface area is 150 Å². The van der Waals surface area contributed by atoms with Crippen LogP contribution in [0.3, 0.4) is 0 Å². The fourth-order valence-electron chi connectivity index (χ4n) is 3.98. The maximum absolute atomic E-state index is 13.2. The van der Waals surface area contributed by atoms with Crippen LogP contribution in [0.4, 0.5) is 13.2 Å². The number of fused-ring (bicyclic) bond motifs is 1. The van der Waals surface area contributed by atoms with E-state index in [9.17, 15) is 18.0 Å². The summed E-state index contributed by atoms with van der Waals surface area (Å²) in [6.45, 7) is 4.77. The summed E-state index contributed by atoms with van der Waals surface area (Å²) in [5.74, 6) is -1.70. The van der Waals surface area contributed by atoms with Crippen molar-refractivity contribution in [3.8, 4) is 0 Å². The molecule has 0 aromatic carbocycles. The molecule has 144 valence electrons. The molecule has 1 saturated carbocycles. The van der Waals surface area contributed by atoms with Crippen molar-refractivity contribution in [1.82, 2.24) is 14.7 Å². The second-order valence-corrected chi connectivity index (χ2v) is 7.03. The van der Waals surface area contributed by atoms with Gasteiger partial charge in [0.1, 0.15) is 0 Å². The molecule has 1 aliphatic heterocycles. The molecule has 0 N–H and O–H groups in total. The molecule has 1 fully saturated rings. The van der Waals surface area contributed by atoms with Crippen LogP contribution in [0.25, 0.3) is 0 Å². The zero-order valence-corrected chi connectivity index (χ0v) is 14.9. The van der Waals surface area contributed by atoms with Gasteiger partial charge < -0.3 is 9.64 Å². The number of hydrogen-bond acceptors (Lipinski definition) is 3. The van der Waals surface area contributed by atoms with Crippen molar-refractivity contribution in [2.24, 2.45) is 13.0 Å². The monoisotopic (exact) mass is 371 g/mol. The molecule has 2 atom stereocenters. The van der Waals surface area contributed by atoms with E-state index in [1.807, 2.05) is 0 Å². The normalized spacial score (nSPS) is 23.4. The number of nitrogens with zero attached hydrogens (tertiary/aromatic N) is 3. The van der Waals surface area contributed by atoms with Gasteiger partial charge in [-0.15, -0.1) is 0 Å².